The Balaban J connectivity index is 2.09. The Kier molecular flexibility index (Phi) is 3.12. The van der Waals surface area contributed by atoms with Crippen molar-refractivity contribution < 1.29 is 14.8 Å². The first-order valence-electron chi connectivity index (χ1n) is 5.14. The molecule has 1 fully saturated rings. The maximum Gasteiger partial charge on any atom is 0.488 e. The van der Waals surface area contributed by atoms with Crippen LogP contribution in [0.1, 0.15) is 5.56 Å². The van der Waals surface area contributed by atoms with Crippen LogP contribution >= 0.6 is 0 Å². The molecule has 5 nitrogen and oxygen atoms in total. The molecule has 84 valence electrons. The normalized spacial score (nSPS) is 15.1. The lowest BCUT2D eigenvalue weighted by Gasteiger charge is -2.14. The van der Waals surface area contributed by atoms with Gasteiger partial charge in [-0.1, -0.05) is 24.3 Å². The number of benzene rings is 1. The van der Waals surface area contributed by atoms with Crippen molar-refractivity contribution in [3.05, 3.63) is 29.8 Å². The van der Waals surface area contributed by atoms with Crippen LogP contribution in [-0.4, -0.2) is 41.2 Å². The lowest BCUT2D eigenvalue weighted by molar-refractivity contribution is 0.215. The van der Waals surface area contributed by atoms with Crippen molar-refractivity contribution in [3.8, 4) is 0 Å². The molecule has 0 aromatic heterocycles. The van der Waals surface area contributed by atoms with Crippen LogP contribution < -0.4 is 10.8 Å². The van der Waals surface area contributed by atoms with E-state index in [1.54, 1.807) is 23.1 Å². The first-order valence-corrected chi connectivity index (χ1v) is 5.14. The second kappa shape index (κ2) is 4.55. The van der Waals surface area contributed by atoms with Crippen molar-refractivity contribution >= 4 is 18.6 Å². The van der Waals surface area contributed by atoms with Crippen LogP contribution in [0, 0.1) is 0 Å². The molecule has 2 amide bonds. The highest BCUT2D eigenvalue weighted by Crippen LogP contribution is 2.06. The number of nitrogens with one attached hydrogen (secondary N) is 1. The Bertz CT molecular complexity index is 397. The van der Waals surface area contributed by atoms with Crippen LogP contribution in [0.3, 0.4) is 0 Å². The fourth-order valence-corrected chi connectivity index (χ4v) is 1.73. The standard InChI is InChI=1S/C10H13BN2O3/c14-10-12-4-5-13(10)7-8-2-1-3-9(6-8)11(15)16/h1-3,6,15-16H,4-5,7H2,(H,12,14). The number of urea groups is 1. The first kappa shape index (κ1) is 11.0. The summed E-state index contributed by atoms with van der Waals surface area (Å²) >= 11 is 0. The summed E-state index contributed by atoms with van der Waals surface area (Å²) < 4.78 is 0. The predicted octanol–water partition coefficient (Wildman–Crippen LogP) is -1.11. The van der Waals surface area contributed by atoms with Crippen LogP contribution in [-0.2, 0) is 6.54 Å². The lowest BCUT2D eigenvalue weighted by atomic mass is 9.79. The molecule has 0 bridgehead atoms. The van der Waals surface area contributed by atoms with Crippen LogP contribution in [0.4, 0.5) is 4.79 Å². The molecular formula is C10H13BN2O3. The van der Waals surface area contributed by atoms with Gasteiger partial charge in [0.1, 0.15) is 0 Å². The second-order valence-electron chi connectivity index (χ2n) is 3.77. The van der Waals surface area contributed by atoms with E-state index >= 15 is 0 Å². The Hall–Kier alpha value is -1.53. The minimum absolute atomic E-state index is 0.0741. The average molecular weight is 220 g/mol. The summed E-state index contributed by atoms with van der Waals surface area (Å²) in [5, 5.41) is 20.8. The van der Waals surface area contributed by atoms with Gasteiger partial charge in [0.2, 0.25) is 0 Å². The minimum atomic E-state index is -1.47. The zero-order chi connectivity index (χ0) is 11.5. The number of amides is 2. The molecule has 3 N–H and O–H groups in total. The number of carbonyl (C=O) groups excluding carboxylic acids is 1. The zero-order valence-electron chi connectivity index (χ0n) is 8.76. The number of rotatable bonds is 3. The summed E-state index contributed by atoms with van der Waals surface area (Å²) in [6.07, 6.45) is 0. The van der Waals surface area contributed by atoms with Crippen LogP contribution in [0.15, 0.2) is 24.3 Å². The van der Waals surface area contributed by atoms with Crippen molar-refractivity contribution in [3.63, 3.8) is 0 Å². The highest BCUT2D eigenvalue weighted by atomic mass is 16.4. The zero-order valence-corrected chi connectivity index (χ0v) is 8.76. The molecule has 2 rings (SSSR count). The van der Waals surface area contributed by atoms with Crippen molar-refractivity contribution in [1.82, 2.24) is 10.2 Å². The molecule has 1 aliphatic rings. The largest absolute Gasteiger partial charge is 0.488 e. The van der Waals surface area contributed by atoms with Gasteiger partial charge in [0.25, 0.3) is 0 Å². The molecule has 1 heterocycles. The van der Waals surface area contributed by atoms with E-state index in [1.165, 1.54) is 0 Å². The number of hydrogen-bond acceptors (Lipinski definition) is 3. The Morgan fingerprint density at radius 3 is 2.88 bits per heavy atom. The van der Waals surface area contributed by atoms with Crippen molar-refractivity contribution in [2.45, 2.75) is 6.54 Å². The molecule has 16 heavy (non-hydrogen) atoms. The predicted molar refractivity (Wildman–Crippen MR) is 60.1 cm³/mol. The second-order valence-corrected chi connectivity index (χ2v) is 3.77. The molecule has 0 unspecified atom stereocenters. The summed E-state index contributed by atoms with van der Waals surface area (Å²) in [5.74, 6) is 0. The van der Waals surface area contributed by atoms with Crippen molar-refractivity contribution in [2.24, 2.45) is 0 Å². The van der Waals surface area contributed by atoms with Gasteiger partial charge in [-0.2, -0.15) is 0 Å². The monoisotopic (exact) mass is 220 g/mol. The van der Waals surface area contributed by atoms with Crippen LogP contribution in [0.25, 0.3) is 0 Å². The highest BCUT2D eigenvalue weighted by Gasteiger charge is 2.19. The van der Waals surface area contributed by atoms with Gasteiger partial charge in [0.05, 0.1) is 0 Å². The number of nitrogens with zero attached hydrogens (tertiary/aromatic N) is 1. The van der Waals surface area contributed by atoms with E-state index in [-0.39, 0.29) is 6.03 Å². The number of hydrogen-bond donors (Lipinski definition) is 3. The third-order valence-corrected chi connectivity index (χ3v) is 2.57. The van der Waals surface area contributed by atoms with Gasteiger partial charge in [0.15, 0.2) is 0 Å². The van der Waals surface area contributed by atoms with E-state index in [4.69, 9.17) is 10.0 Å². The quantitative estimate of drug-likeness (QED) is 0.565. The van der Waals surface area contributed by atoms with Gasteiger partial charge >= 0.3 is 13.1 Å². The van der Waals surface area contributed by atoms with E-state index < -0.39 is 7.12 Å². The Morgan fingerprint density at radius 1 is 1.44 bits per heavy atom. The first-order chi connectivity index (χ1) is 7.66. The SMILES string of the molecule is O=C1NCCN1Cc1cccc(B(O)O)c1. The van der Waals surface area contributed by atoms with E-state index in [0.29, 0.717) is 25.1 Å². The fourth-order valence-electron chi connectivity index (χ4n) is 1.73. The maximum atomic E-state index is 11.3. The van der Waals surface area contributed by atoms with Crippen LogP contribution in [0.2, 0.25) is 0 Å². The number of carbonyl (C=O) groups is 1. The molecule has 0 spiro atoms. The van der Waals surface area contributed by atoms with E-state index in [0.717, 1.165) is 5.56 Å². The van der Waals surface area contributed by atoms with Gasteiger partial charge in [-0.25, -0.2) is 4.79 Å². The molecule has 0 atom stereocenters. The smallest absolute Gasteiger partial charge is 0.423 e. The molecule has 1 aromatic carbocycles. The third kappa shape index (κ3) is 2.34. The summed E-state index contributed by atoms with van der Waals surface area (Å²) in [5.41, 5.74) is 1.33. The lowest BCUT2D eigenvalue weighted by Crippen LogP contribution is -2.31. The van der Waals surface area contributed by atoms with E-state index in [2.05, 4.69) is 5.32 Å². The van der Waals surface area contributed by atoms with E-state index in [1.807, 2.05) is 6.07 Å². The van der Waals surface area contributed by atoms with Gasteiger partial charge in [-0.3, -0.25) is 0 Å². The topological polar surface area (TPSA) is 72.8 Å². The molecule has 0 radical (unpaired) electrons. The van der Waals surface area contributed by atoms with Gasteiger partial charge in [0, 0.05) is 19.6 Å². The minimum Gasteiger partial charge on any atom is -0.423 e. The summed E-state index contributed by atoms with van der Waals surface area (Å²) in [7, 11) is -1.47. The molecule has 6 heteroatoms. The van der Waals surface area contributed by atoms with Crippen LogP contribution in [0.5, 0.6) is 0 Å². The van der Waals surface area contributed by atoms with Gasteiger partial charge < -0.3 is 20.3 Å². The molecule has 1 aliphatic heterocycles. The molecule has 1 saturated heterocycles. The van der Waals surface area contributed by atoms with Crippen molar-refractivity contribution in [1.29, 1.82) is 0 Å². The molecular weight excluding hydrogens is 207 g/mol. The van der Waals surface area contributed by atoms with Gasteiger partial charge in [-0.15, -0.1) is 0 Å². The maximum absolute atomic E-state index is 11.3. The third-order valence-electron chi connectivity index (χ3n) is 2.57. The summed E-state index contributed by atoms with van der Waals surface area (Å²) in [6, 6.07) is 6.86. The van der Waals surface area contributed by atoms with E-state index in [9.17, 15) is 4.79 Å². The summed E-state index contributed by atoms with van der Waals surface area (Å²) in [4.78, 5) is 13.0. The fraction of sp³-hybridized carbons (Fsp3) is 0.300. The average Bonchev–Trinajstić information content (AvgIpc) is 2.65. The Labute approximate surface area is 93.8 Å². The Morgan fingerprint density at radius 2 is 2.25 bits per heavy atom. The molecule has 1 aromatic rings. The van der Waals surface area contributed by atoms with Crippen molar-refractivity contribution in [2.75, 3.05) is 13.1 Å². The van der Waals surface area contributed by atoms with Gasteiger partial charge in [-0.05, 0) is 11.0 Å². The molecule has 0 aliphatic carbocycles. The molecule has 0 saturated carbocycles. The summed E-state index contributed by atoms with van der Waals surface area (Å²) in [6.45, 7) is 1.85. The highest BCUT2D eigenvalue weighted by molar-refractivity contribution is 6.58.